The van der Waals surface area contributed by atoms with Crippen LogP contribution in [0.5, 0.6) is 0 Å². The summed E-state index contributed by atoms with van der Waals surface area (Å²) in [6.45, 7) is 0. The number of aromatic nitrogens is 2. The fourth-order valence-corrected chi connectivity index (χ4v) is 3.67. The molecule has 8 heteroatoms. The van der Waals surface area contributed by atoms with Gasteiger partial charge in [0.25, 0.3) is 0 Å². The van der Waals surface area contributed by atoms with E-state index in [-0.39, 0.29) is 0 Å². The molecular weight excluding hydrogens is 461 g/mol. The zero-order chi connectivity index (χ0) is 11.2. The Hall–Kier alpha value is -0.578. The van der Waals surface area contributed by atoms with Gasteiger partial charge in [-0.3, -0.25) is 0 Å². The van der Waals surface area contributed by atoms with Gasteiger partial charge < -0.3 is 0 Å². The second-order valence-electron chi connectivity index (χ2n) is 2.81. The molecule has 1 aromatic heterocycles. The van der Waals surface area contributed by atoms with Crippen molar-refractivity contribution in [1.29, 1.82) is 0 Å². The Morgan fingerprint density at radius 1 is 1.60 bits per heavy atom. The molecule has 0 aliphatic rings. The van der Waals surface area contributed by atoms with Gasteiger partial charge in [-0.25, -0.2) is 0 Å². The van der Waals surface area contributed by atoms with E-state index in [2.05, 4.69) is 21.0 Å². The maximum atomic E-state index is 13.3. The third-order valence-electron chi connectivity index (χ3n) is 1.93. The van der Waals surface area contributed by atoms with Gasteiger partial charge in [0.2, 0.25) is 0 Å². The first-order chi connectivity index (χ1) is 7.00. The van der Waals surface area contributed by atoms with Crippen molar-refractivity contribution in [2.75, 3.05) is 0 Å². The summed E-state index contributed by atoms with van der Waals surface area (Å²) in [7, 11) is 0. The van der Waals surface area contributed by atoms with E-state index >= 15 is 0 Å². The second kappa shape index (κ2) is 3.78. The van der Waals surface area contributed by atoms with Gasteiger partial charge >= 0.3 is 108 Å². The first-order valence-corrected chi connectivity index (χ1v) is 6.58. The third kappa shape index (κ3) is 1.77. The van der Waals surface area contributed by atoms with Crippen molar-refractivity contribution in [3.05, 3.63) is 32.7 Å². The summed E-state index contributed by atoms with van der Waals surface area (Å²) >= 11 is 3.55. The topological polar surface area (TPSA) is 61.0 Å². The molecule has 0 unspecified atom stereocenters. The van der Waals surface area contributed by atoms with E-state index in [0.29, 0.717) is 41.6 Å². The summed E-state index contributed by atoms with van der Waals surface area (Å²) in [4.78, 5) is 9.77. The molecule has 0 aliphatic heterocycles. The van der Waals surface area contributed by atoms with Gasteiger partial charge in [-0.2, -0.15) is 0 Å². The van der Waals surface area contributed by atoms with Crippen molar-refractivity contribution in [2.45, 2.75) is 0 Å². The summed E-state index contributed by atoms with van der Waals surface area (Å²) in [5, 5.41) is 15.1. The van der Waals surface area contributed by atoms with Crippen LogP contribution in [0.15, 0.2) is 16.7 Å². The zero-order valence-corrected chi connectivity index (χ0v) is 13.2. The molecule has 2 aromatic rings. The number of benzene rings is 1. The molecule has 0 saturated carbocycles. The van der Waals surface area contributed by atoms with E-state index in [1.165, 1.54) is 6.07 Å². The first kappa shape index (κ1) is 10.9. The molecule has 0 N–H and O–H groups in total. The normalized spacial score (nSPS) is 10.7. The fourth-order valence-electron chi connectivity index (χ4n) is 1.25. The van der Waals surface area contributed by atoms with E-state index in [4.69, 9.17) is 0 Å². The number of nitrogens with zero attached hydrogens (tertiary/aromatic N) is 3. The Bertz CT molecular complexity index is 571. The summed E-state index contributed by atoms with van der Waals surface area (Å²) in [5.41, 5.74) is 0.0520. The van der Waals surface area contributed by atoms with Gasteiger partial charge in [-0.15, -0.1) is 0 Å². The van der Waals surface area contributed by atoms with Crippen molar-refractivity contribution in [3.63, 3.8) is 0 Å². The molecular formula is C7H2BrFN3O2Tl. The van der Waals surface area contributed by atoms with Gasteiger partial charge in [0.05, 0.1) is 0 Å². The van der Waals surface area contributed by atoms with Crippen LogP contribution in [0, 0.1) is 15.9 Å². The predicted octanol–water partition coefficient (Wildman–Crippen LogP) is 1.78. The van der Waals surface area contributed by atoms with Crippen molar-refractivity contribution < 1.29 is 9.31 Å². The Morgan fingerprint density at radius 3 is 2.87 bits per heavy atom. The number of nitro benzene ring substituents is 1. The Balaban J connectivity index is 2.85. The second-order valence-corrected chi connectivity index (χ2v) is 5.47. The number of hydrogen-bond donors (Lipinski definition) is 0. The first-order valence-electron chi connectivity index (χ1n) is 3.78. The molecule has 0 spiro atoms. The van der Waals surface area contributed by atoms with Gasteiger partial charge in [-0.05, 0) is 0 Å². The summed E-state index contributed by atoms with van der Waals surface area (Å²) in [6, 6.07) is 2.34. The summed E-state index contributed by atoms with van der Waals surface area (Å²) in [6.07, 6.45) is 0. The van der Waals surface area contributed by atoms with E-state index in [1.54, 1.807) is 2.49 Å². The van der Waals surface area contributed by atoms with Gasteiger partial charge in [0.15, 0.2) is 0 Å². The standard InChI is InChI=1S/C7H2BrFN3O2.Tl/c8-7-3-1-6(12(13)14)4(9)2-5(3)10-11-7;/h1-2H;/q-1;+1. The predicted molar refractivity (Wildman–Crippen MR) is 55.2 cm³/mol. The molecule has 74 valence electrons. The fraction of sp³-hybridized carbons (Fsp3) is 0. The van der Waals surface area contributed by atoms with Crippen molar-refractivity contribution in [1.82, 2.24) is 7.59 Å². The van der Waals surface area contributed by atoms with Gasteiger partial charge in [-0.1, -0.05) is 0 Å². The Kier molecular flexibility index (Phi) is 2.75. The van der Waals surface area contributed by atoms with Crippen LogP contribution in [0.2, 0.25) is 0 Å². The number of fused-ring (bicyclic) bond motifs is 1. The minimum absolute atomic E-state index is 0.379. The molecule has 0 bridgehead atoms. The van der Waals surface area contributed by atoms with Gasteiger partial charge in [0, 0.05) is 0 Å². The molecule has 2 rings (SSSR count). The molecule has 0 saturated heterocycles. The summed E-state index contributed by atoms with van der Waals surface area (Å²) < 4.78 is 15.4. The number of hydrogen-bond acceptors (Lipinski definition) is 3. The van der Waals surface area contributed by atoms with Crippen LogP contribution in [0.1, 0.15) is 0 Å². The molecule has 1 heterocycles. The van der Waals surface area contributed by atoms with Crippen LogP contribution in [0.3, 0.4) is 0 Å². The van der Waals surface area contributed by atoms with E-state index in [9.17, 15) is 14.5 Å². The molecule has 0 amide bonds. The van der Waals surface area contributed by atoms with E-state index in [0.717, 1.165) is 6.07 Å². The Labute approximate surface area is 108 Å². The number of rotatable bonds is 1. The van der Waals surface area contributed by atoms with Crippen LogP contribution in [0.4, 0.5) is 10.1 Å². The maximum absolute atomic E-state index is 13.3. The molecule has 1 aromatic carbocycles. The molecule has 0 atom stereocenters. The number of nitro groups is 1. The molecule has 0 radical (unpaired) electrons. The van der Waals surface area contributed by atoms with Gasteiger partial charge in [0.1, 0.15) is 0 Å². The van der Waals surface area contributed by atoms with Crippen molar-refractivity contribution in [2.24, 2.45) is 0 Å². The average Bonchev–Trinajstić information content (AvgIpc) is 2.41. The Morgan fingerprint density at radius 2 is 2.27 bits per heavy atom. The van der Waals surface area contributed by atoms with Crippen LogP contribution in [-0.4, -0.2) is 38.6 Å². The third-order valence-corrected chi connectivity index (χ3v) is 4.04. The molecule has 15 heavy (non-hydrogen) atoms. The molecule has 5 nitrogen and oxygen atoms in total. The van der Waals surface area contributed by atoms with Crippen LogP contribution in [0.25, 0.3) is 10.9 Å². The van der Waals surface area contributed by atoms with Crippen LogP contribution >= 0.6 is 15.9 Å². The van der Waals surface area contributed by atoms with E-state index < -0.39 is 16.4 Å². The van der Waals surface area contributed by atoms with Crippen LogP contribution in [-0.2, 0) is 0 Å². The quantitative estimate of drug-likeness (QED) is 0.368. The average molecular weight is 463 g/mol. The van der Waals surface area contributed by atoms with Crippen molar-refractivity contribution in [3.8, 4) is 0 Å². The van der Waals surface area contributed by atoms with Crippen LogP contribution < -0.4 is 0 Å². The van der Waals surface area contributed by atoms with E-state index in [1.807, 2.05) is 0 Å². The zero-order valence-electron chi connectivity index (χ0n) is 7.15. The monoisotopic (exact) mass is 463 g/mol. The summed E-state index contributed by atoms with van der Waals surface area (Å²) in [5.74, 6) is -0.832. The number of halogens is 2. The SMILES string of the molecule is O=[N+]([O-])c1cc2c(Br)n[n]([Tl])c2cc1F. The molecule has 0 aliphatic carbocycles. The van der Waals surface area contributed by atoms with Crippen molar-refractivity contribution >= 4 is 58.6 Å². The molecule has 0 fully saturated rings. The minimum atomic E-state index is -0.832.